The van der Waals surface area contributed by atoms with Gasteiger partial charge >= 0.3 is 5.97 Å². The molecule has 5 nitrogen and oxygen atoms in total. The fraction of sp³-hybridized carbons (Fsp3) is 0.250. The van der Waals surface area contributed by atoms with Gasteiger partial charge in [0.15, 0.2) is 18.1 Å². The molecule has 0 spiro atoms. The Morgan fingerprint density at radius 2 is 2.00 bits per heavy atom. The molecule has 1 aliphatic rings. The number of ether oxygens (including phenoxy) is 1. The van der Waals surface area contributed by atoms with Crippen molar-refractivity contribution in [3.63, 3.8) is 0 Å². The van der Waals surface area contributed by atoms with Gasteiger partial charge in [0.1, 0.15) is 0 Å². The van der Waals surface area contributed by atoms with Crippen LogP contribution in [0.25, 0.3) is 0 Å². The molecular weight excluding hydrogens is 268 g/mol. The maximum absolute atomic E-state index is 12.1. The average molecular weight is 282 g/mol. The first-order chi connectivity index (χ1) is 10.2. The number of Topliss-reactive ketones (excluding diaryl/α,β-unsaturated/α-hetero) is 1. The second kappa shape index (κ2) is 5.83. The number of esters is 1. The number of carbonyl (C=O) groups excluding carboxylic acids is 2. The largest absolute Gasteiger partial charge is 0.453 e. The number of aromatic nitrogens is 2. The third-order valence-electron chi connectivity index (χ3n) is 3.53. The van der Waals surface area contributed by atoms with Crippen LogP contribution in [0, 0.1) is 0 Å². The lowest BCUT2D eigenvalue weighted by molar-refractivity contribution is 0.0468. The van der Waals surface area contributed by atoms with E-state index in [2.05, 4.69) is 9.97 Å². The van der Waals surface area contributed by atoms with Gasteiger partial charge in [-0.1, -0.05) is 12.1 Å². The van der Waals surface area contributed by atoms with E-state index >= 15 is 0 Å². The molecule has 1 aliphatic carbocycles. The van der Waals surface area contributed by atoms with Crippen LogP contribution in [0.15, 0.2) is 36.8 Å². The zero-order valence-electron chi connectivity index (χ0n) is 11.4. The minimum Gasteiger partial charge on any atom is -0.453 e. The predicted molar refractivity (Wildman–Crippen MR) is 75.1 cm³/mol. The lowest BCUT2D eigenvalue weighted by atomic mass is 10.0. The molecule has 1 aromatic carbocycles. The van der Waals surface area contributed by atoms with Crippen molar-refractivity contribution in [3.05, 3.63) is 59.2 Å². The van der Waals surface area contributed by atoms with Gasteiger partial charge in [0.2, 0.25) is 0 Å². The lowest BCUT2D eigenvalue weighted by Crippen LogP contribution is -2.15. The minimum absolute atomic E-state index is 0.0965. The SMILES string of the molecule is O=C(COC(=O)c1cnccn1)c1ccc2c(c1)CCC2. The van der Waals surface area contributed by atoms with Crippen LogP contribution in [0.5, 0.6) is 0 Å². The fourth-order valence-corrected chi connectivity index (χ4v) is 2.44. The second-order valence-electron chi connectivity index (χ2n) is 4.93. The summed E-state index contributed by atoms with van der Waals surface area (Å²) in [6.07, 6.45) is 7.39. The van der Waals surface area contributed by atoms with E-state index in [4.69, 9.17) is 4.74 Å². The van der Waals surface area contributed by atoms with Crippen LogP contribution in [0.2, 0.25) is 0 Å². The summed E-state index contributed by atoms with van der Waals surface area (Å²) >= 11 is 0. The maximum atomic E-state index is 12.1. The quantitative estimate of drug-likeness (QED) is 0.633. The summed E-state index contributed by atoms with van der Waals surface area (Å²) in [4.78, 5) is 31.4. The van der Waals surface area contributed by atoms with Crippen LogP contribution in [-0.2, 0) is 17.6 Å². The van der Waals surface area contributed by atoms with E-state index in [1.807, 2.05) is 12.1 Å². The third kappa shape index (κ3) is 2.97. The Labute approximate surface area is 122 Å². The molecule has 0 N–H and O–H groups in total. The predicted octanol–water partition coefficient (Wildman–Crippen LogP) is 2.00. The molecule has 0 radical (unpaired) electrons. The normalized spacial score (nSPS) is 12.8. The van der Waals surface area contributed by atoms with Crippen LogP contribution in [-0.4, -0.2) is 28.3 Å². The first-order valence-corrected chi connectivity index (χ1v) is 6.82. The van der Waals surface area contributed by atoms with E-state index < -0.39 is 5.97 Å². The van der Waals surface area contributed by atoms with Gasteiger partial charge in [0.05, 0.1) is 6.20 Å². The molecule has 0 aliphatic heterocycles. The van der Waals surface area contributed by atoms with E-state index in [1.54, 1.807) is 6.07 Å². The van der Waals surface area contributed by atoms with E-state index in [0.717, 1.165) is 19.3 Å². The number of hydrogen-bond donors (Lipinski definition) is 0. The van der Waals surface area contributed by atoms with Crippen LogP contribution in [0.3, 0.4) is 0 Å². The van der Waals surface area contributed by atoms with Crippen molar-refractivity contribution in [1.82, 2.24) is 9.97 Å². The van der Waals surface area contributed by atoms with Gasteiger partial charge in [-0.25, -0.2) is 9.78 Å². The zero-order chi connectivity index (χ0) is 14.7. The summed E-state index contributed by atoms with van der Waals surface area (Å²) < 4.78 is 4.97. The van der Waals surface area contributed by atoms with Gasteiger partial charge in [0.25, 0.3) is 0 Å². The van der Waals surface area contributed by atoms with E-state index in [0.29, 0.717) is 5.56 Å². The number of hydrogen-bond acceptors (Lipinski definition) is 5. The Kier molecular flexibility index (Phi) is 3.73. The van der Waals surface area contributed by atoms with Gasteiger partial charge < -0.3 is 4.74 Å². The molecule has 5 heteroatoms. The molecule has 0 saturated heterocycles. The van der Waals surface area contributed by atoms with E-state index in [-0.39, 0.29) is 18.1 Å². The lowest BCUT2D eigenvalue weighted by Gasteiger charge is -2.05. The molecule has 21 heavy (non-hydrogen) atoms. The summed E-state index contributed by atoms with van der Waals surface area (Å²) in [5, 5.41) is 0. The minimum atomic E-state index is -0.641. The van der Waals surface area contributed by atoms with Crippen molar-refractivity contribution in [1.29, 1.82) is 0 Å². The number of nitrogens with zero attached hydrogens (tertiary/aromatic N) is 2. The summed E-state index contributed by atoms with van der Waals surface area (Å²) in [6, 6.07) is 5.68. The Hall–Kier alpha value is -2.56. The first kappa shape index (κ1) is 13.4. The molecule has 106 valence electrons. The van der Waals surface area contributed by atoms with Crippen LogP contribution in [0.4, 0.5) is 0 Å². The van der Waals surface area contributed by atoms with Crippen molar-refractivity contribution in [2.45, 2.75) is 19.3 Å². The highest BCUT2D eigenvalue weighted by Crippen LogP contribution is 2.23. The monoisotopic (exact) mass is 282 g/mol. The number of carbonyl (C=O) groups is 2. The van der Waals surface area contributed by atoms with Gasteiger partial charge in [0, 0.05) is 18.0 Å². The highest BCUT2D eigenvalue weighted by atomic mass is 16.5. The van der Waals surface area contributed by atoms with Crippen molar-refractivity contribution >= 4 is 11.8 Å². The summed E-state index contributed by atoms with van der Waals surface area (Å²) in [5.74, 6) is -0.848. The molecule has 0 atom stereocenters. The van der Waals surface area contributed by atoms with Crippen LogP contribution >= 0.6 is 0 Å². The summed E-state index contributed by atoms with van der Waals surface area (Å²) in [7, 11) is 0. The highest BCUT2D eigenvalue weighted by Gasteiger charge is 2.16. The molecule has 0 fully saturated rings. The Morgan fingerprint density at radius 1 is 1.14 bits per heavy atom. The Morgan fingerprint density at radius 3 is 2.81 bits per heavy atom. The van der Waals surface area contributed by atoms with Crippen molar-refractivity contribution in [3.8, 4) is 0 Å². The first-order valence-electron chi connectivity index (χ1n) is 6.82. The molecule has 2 aromatic rings. The molecule has 0 saturated carbocycles. The standard InChI is InChI=1S/C16H14N2O3/c19-15(10-21-16(20)14-9-17-6-7-18-14)13-5-4-11-2-1-3-12(11)8-13/h4-9H,1-3,10H2. The van der Waals surface area contributed by atoms with Gasteiger partial charge in [-0.15, -0.1) is 0 Å². The van der Waals surface area contributed by atoms with E-state index in [1.165, 1.54) is 29.7 Å². The Balaban J connectivity index is 1.63. The molecule has 0 amide bonds. The number of ketones is 1. The fourth-order valence-electron chi connectivity index (χ4n) is 2.44. The number of aryl methyl sites for hydroxylation is 2. The molecule has 3 rings (SSSR count). The second-order valence-corrected chi connectivity index (χ2v) is 4.93. The van der Waals surface area contributed by atoms with Crippen LogP contribution in [0.1, 0.15) is 38.4 Å². The summed E-state index contributed by atoms with van der Waals surface area (Å²) in [6.45, 7) is -0.284. The molecular formula is C16H14N2O3. The zero-order valence-corrected chi connectivity index (χ0v) is 11.4. The van der Waals surface area contributed by atoms with Crippen molar-refractivity contribution < 1.29 is 14.3 Å². The number of fused-ring (bicyclic) bond motifs is 1. The smallest absolute Gasteiger partial charge is 0.358 e. The van der Waals surface area contributed by atoms with Gasteiger partial charge in [-0.2, -0.15) is 0 Å². The average Bonchev–Trinajstić information content (AvgIpc) is 3.00. The van der Waals surface area contributed by atoms with Gasteiger partial charge in [-0.3, -0.25) is 9.78 Å². The Bertz CT molecular complexity index is 683. The number of rotatable bonds is 4. The van der Waals surface area contributed by atoms with Crippen molar-refractivity contribution in [2.75, 3.05) is 6.61 Å². The maximum Gasteiger partial charge on any atom is 0.358 e. The molecule has 0 bridgehead atoms. The number of benzene rings is 1. The van der Waals surface area contributed by atoms with Crippen molar-refractivity contribution in [2.24, 2.45) is 0 Å². The van der Waals surface area contributed by atoms with Gasteiger partial charge in [-0.05, 0) is 36.5 Å². The topological polar surface area (TPSA) is 69.2 Å². The summed E-state index contributed by atoms with van der Waals surface area (Å²) in [5.41, 5.74) is 3.21. The van der Waals surface area contributed by atoms with E-state index in [9.17, 15) is 9.59 Å². The van der Waals surface area contributed by atoms with Crippen LogP contribution < -0.4 is 0 Å². The molecule has 0 unspecified atom stereocenters. The third-order valence-corrected chi connectivity index (χ3v) is 3.53. The molecule has 1 heterocycles. The molecule has 1 aromatic heterocycles. The highest BCUT2D eigenvalue weighted by molar-refractivity contribution is 5.99.